The van der Waals surface area contributed by atoms with Crippen LogP contribution < -0.4 is 5.32 Å². The number of nitrogens with zero attached hydrogens (tertiary/aromatic N) is 3. The number of hydrogen-bond acceptors (Lipinski definition) is 3. The largest absolute Gasteiger partial charge is 0.341 e. The fraction of sp³-hybridized carbons (Fsp3) is 0.800. The molecule has 0 aromatic heterocycles. The molecular weight excluding hydrogens is 148 g/mol. The Morgan fingerprint density at radius 3 is 3.18 bits per heavy atom. The molecule has 6 nitrogen and oxygen atoms in total. The van der Waals surface area contributed by atoms with Crippen molar-refractivity contribution in [2.75, 3.05) is 19.8 Å². The quantitative estimate of drug-likeness (QED) is 0.432. The second kappa shape index (κ2) is 3.29. The molecule has 0 atom stereocenters. The highest BCUT2D eigenvalue weighted by atomic mass is 16.7. The second-order valence-electron chi connectivity index (χ2n) is 2.20. The lowest BCUT2D eigenvalue weighted by Crippen LogP contribution is -2.26. The first-order chi connectivity index (χ1) is 5.24. The highest BCUT2D eigenvalue weighted by Crippen LogP contribution is 1.96. The van der Waals surface area contributed by atoms with Gasteiger partial charge in [0.2, 0.25) is 0 Å². The van der Waals surface area contributed by atoms with Gasteiger partial charge in [-0.3, -0.25) is 5.32 Å². The first-order valence-electron chi connectivity index (χ1n) is 3.41. The number of nitro groups is 1. The molecule has 0 saturated carbocycles. The minimum absolute atomic E-state index is 0.495. The van der Waals surface area contributed by atoms with Crippen molar-refractivity contribution in [3.05, 3.63) is 10.1 Å². The molecule has 1 saturated heterocycles. The first kappa shape index (κ1) is 7.93. The summed E-state index contributed by atoms with van der Waals surface area (Å²) in [6, 6.07) is 0. The summed E-state index contributed by atoms with van der Waals surface area (Å²) < 4.78 is 0. The number of amidine groups is 1. The topological polar surface area (TPSA) is 70.8 Å². The maximum absolute atomic E-state index is 9.98. The monoisotopic (exact) mass is 158 g/mol. The zero-order valence-corrected chi connectivity index (χ0v) is 6.28. The zero-order chi connectivity index (χ0) is 8.27. The van der Waals surface area contributed by atoms with Gasteiger partial charge in [0.05, 0.1) is 18.3 Å². The number of likely N-dealkylation sites (N-methyl/N-ethyl adjacent to an activating group) is 1. The summed E-state index contributed by atoms with van der Waals surface area (Å²) in [5.41, 5.74) is 0. The van der Waals surface area contributed by atoms with E-state index in [0.29, 0.717) is 19.0 Å². The van der Waals surface area contributed by atoms with Gasteiger partial charge in [-0.15, -0.1) is 0 Å². The Hall–Kier alpha value is -1.17. The van der Waals surface area contributed by atoms with Gasteiger partial charge in [0.1, 0.15) is 0 Å². The van der Waals surface area contributed by atoms with Crippen LogP contribution in [0.4, 0.5) is 0 Å². The molecule has 1 fully saturated rings. The smallest absolute Gasteiger partial charge is 0.194 e. The molecule has 0 unspecified atom stereocenters. The van der Waals surface area contributed by atoms with Gasteiger partial charge in [0.15, 0.2) is 10.9 Å². The van der Waals surface area contributed by atoms with Crippen molar-refractivity contribution >= 4 is 5.84 Å². The van der Waals surface area contributed by atoms with Crippen molar-refractivity contribution in [2.45, 2.75) is 6.92 Å². The van der Waals surface area contributed by atoms with Crippen molar-refractivity contribution < 1.29 is 5.03 Å². The molecule has 1 heterocycles. The van der Waals surface area contributed by atoms with Gasteiger partial charge in [-0.05, 0) is 6.92 Å². The number of hydrazone groups is 1. The molecule has 1 N–H and O–H groups in total. The average molecular weight is 158 g/mol. The van der Waals surface area contributed by atoms with Crippen molar-refractivity contribution in [3.8, 4) is 0 Å². The van der Waals surface area contributed by atoms with E-state index in [4.69, 9.17) is 0 Å². The van der Waals surface area contributed by atoms with Crippen LogP contribution in [0.3, 0.4) is 0 Å². The Bertz CT molecular complexity index is 191. The molecule has 0 aliphatic carbocycles. The SMILES string of the molecule is CCN1CNCC1=N[N+](=O)[O-]. The molecule has 1 aliphatic rings. The summed E-state index contributed by atoms with van der Waals surface area (Å²) in [7, 11) is 0. The van der Waals surface area contributed by atoms with Crippen LogP contribution in [0.2, 0.25) is 0 Å². The third-order valence-electron chi connectivity index (χ3n) is 1.53. The third kappa shape index (κ3) is 1.87. The molecule has 0 spiro atoms. The van der Waals surface area contributed by atoms with Crippen molar-refractivity contribution in [2.24, 2.45) is 5.10 Å². The average Bonchev–Trinajstić information content (AvgIpc) is 2.34. The molecule has 0 aromatic rings. The maximum Gasteiger partial charge on any atom is 0.194 e. The predicted octanol–water partition coefficient (Wildman–Crippen LogP) is -0.541. The first-order valence-corrected chi connectivity index (χ1v) is 3.41. The second-order valence-corrected chi connectivity index (χ2v) is 2.20. The van der Waals surface area contributed by atoms with Crippen LogP contribution in [0, 0.1) is 10.1 Å². The van der Waals surface area contributed by atoms with Crippen LogP contribution in [-0.4, -0.2) is 35.5 Å². The molecule has 1 aliphatic heterocycles. The molecule has 11 heavy (non-hydrogen) atoms. The normalized spacial score (nSPS) is 21.2. The molecule has 1 rings (SSSR count). The van der Waals surface area contributed by atoms with E-state index in [2.05, 4.69) is 10.4 Å². The van der Waals surface area contributed by atoms with Crippen molar-refractivity contribution in [3.63, 3.8) is 0 Å². The standard InChI is InChI=1S/C5H10N4O2/c1-2-8-4-6-3-5(8)7-9(10)11/h6H,2-4H2,1H3. The Morgan fingerprint density at radius 2 is 2.64 bits per heavy atom. The van der Waals surface area contributed by atoms with Crippen LogP contribution in [0.5, 0.6) is 0 Å². The van der Waals surface area contributed by atoms with Crippen LogP contribution >= 0.6 is 0 Å². The third-order valence-corrected chi connectivity index (χ3v) is 1.53. The van der Waals surface area contributed by atoms with Gasteiger partial charge >= 0.3 is 0 Å². The van der Waals surface area contributed by atoms with Gasteiger partial charge in [-0.2, -0.15) is 0 Å². The van der Waals surface area contributed by atoms with Gasteiger partial charge in [0.25, 0.3) is 0 Å². The van der Waals surface area contributed by atoms with E-state index >= 15 is 0 Å². The van der Waals surface area contributed by atoms with Gasteiger partial charge in [-0.25, -0.2) is 10.1 Å². The summed E-state index contributed by atoms with van der Waals surface area (Å²) in [5.74, 6) is 0.512. The van der Waals surface area contributed by atoms with Crippen LogP contribution in [-0.2, 0) is 0 Å². The van der Waals surface area contributed by atoms with Crippen LogP contribution in [0.25, 0.3) is 0 Å². The fourth-order valence-electron chi connectivity index (χ4n) is 0.993. The predicted molar refractivity (Wildman–Crippen MR) is 39.7 cm³/mol. The molecule has 0 amide bonds. The summed E-state index contributed by atoms with van der Waals surface area (Å²) in [4.78, 5) is 11.8. The Kier molecular flexibility index (Phi) is 2.37. The Balaban J connectivity index is 2.63. The fourth-order valence-corrected chi connectivity index (χ4v) is 0.993. The summed E-state index contributed by atoms with van der Waals surface area (Å²) in [6.45, 7) is 3.83. The number of rotatable bonds is 2. The van der Waals surface area contributed by atoms with E-state index in [1.165, 1.54) is 0 Å². The molecule has 0 radical (unpaired) electrons. The molecule has 0 aromatic carbocycles. The van der Waals surface area contributed by atoms with Crippen LogP contribution in [0.1, 0.15) is 6.92 Å². The number of nitrogens with one attached hydrogen (secondary N) is 1. The van der Waals surface area contributed by atoms with E-state index in [-0.39, 0.29) is 0 Å². The highest BCUT2D eigenvalue weighted by molar-refractivity contribution is 5.85. The summed E-state index contributed by atoms with van der Waals surface area (Å²) >= 11 is 0. The van der Waals surface area contributed by atoms with Gasteiger partial charge < -0.3 is 4.90 Å². The lowest BCUT2D eigenvalue weighted by Gasteiger charge is -2.10. The van der Waals surface area contributed by atoms with Crippen molar-refractivity contribution in [1.82, 2.24) is 10.2 Å². The van der Waals surface area contributed by atoms with E-state index in [1.807, 2.05) is 11.8 Å². The van der Waals surface area contributed by atoms with Gasteiger partial charge in [-0.1, -0.05) is 0 Å². The van der Waals surface area contributed by atoms with Crippen molar-refractivity contribution in [1.29, 1.82) is 0 Å². The minimum Gasteiger partial charge on any atom is -0.341 e. The molecule has 6 heteroatoms. The summed E-state index contributed by atoms with van der Waals surface area (Å²) in [6.07, 6.45) is 0. The van der Waals surface area contributed by atoms with Crippen LogP contribution in [0.15, 0.2) is 5.10 Å². The van der Waals surface area contributed by atoms with E-state index < -0.39 is 5.03 Å². The molecule has 0 bridgehead atoms. The number of hydrogen-bond donors (Lipinski definition) is 1. The lowest BCUT2D eigenvalue weighted by atomic mass is 10.5. The Morgan fingerprint density at radius 1 is 1.91 bits per heavy atom. The highest BCUT2D eigenvalue weighted by Gasteiger charge is 2.18. The van der Waals surface area contributed by atoms with E-state index in [1.54, 1.807) is 0 Å². The van der Waals surface area contributed by atoms with Gasteiger partial charge in [0, 0.05) is 6.54 Å². The van der Waals surface area contributed by atoms with E-state index in [9.17, 15) is 10.1 Å². The lowest BCUT2D eigenvalue weighted by molar-refractivity contribution is -0.485. The molecule has 62 valence electrons. The minimum atomic E-state index is -0.662. The molecular formula is C5H10N4O2. The Labute approximate surface area is 64.0 Å². The zero-order valence-electron chi connectivity index (χ0n) is 6.28. The van der Waals surface area contributed by atoms with E-state index in [0.717, 1.165) is 6.54 Å². The maximum atomic E-state index is 9.98. The summed E-state index contributed by atoms with van der Waals surface area (Å²) in [5, 5.41) is 15.5.